The molecule has 0 saturated heterocycles. The van der Waals surface area contributed by atoms with Gasteiger partial charge in [-0.25, -0.2) is 0 Å². The van der Waals surface area contributed by atoms with Gasteiger partial charge >= 0.3 is 200 Å². The van der Waals surface area contributed by atoms with Gasteiger partial charge in [0.15, 0.2) is 0 Å². The van der Waals surface area contributed by atoms with E-state index in [1.807, 2.05) is 0 Å². The second-order valence-electron chi connectivity index (χ2n) is 11.9. The van der Waals surface area contributed by atoms with E-state index in [1.165, 1.54) is 135 Å². The number of rotatable bonds is 29. The van der Waals surface area contributed by atoms with E-state index in [9.17, 15) is 0 Å². The van der Waals surface area contributed by atoms with Gasteiger partial charge in [-0.3, -0.25) is 0 Å². The molecule has 0 atom stereocenters. The summed E-state index contributed by atoms with van der Waals surface area (Å²) in [5.41, 5.74) is 0. The Morgan fingerprint density at radius 2 is 0.412 bits per heavy atom. The molecule has 0 heterocycles. The predicted molar refractivity (Wildman–Crippen MR) is 166 cm³/mol. The third-order valence-electron chi connectivity index (χ3n) is 8.49. The average Bonchev–Trinajstić information content (AvgIpc) is 2.85. The van der Waals surface area contributed by atoms with E-state index in [-0.39, 0.29) is 0 Å². The Labute approximate surface area is 220 Å². The zero-order chi connectivity index (χ0) is 25.0. The van der Waals surface area contributed by atoms with Crippen LogP contribution in [0.4, 0.5) is 0 Å². The van der Waals surface area contributed by atoms with Crippen LogP contribution in [0.1, 0.15) is 188 Å². The zero-order valence-corrected chi connectivity index (χ0v) is 26.0. The minimum atomic E-state index is -1.05. The van der Waals surface area contributed by atoms with Crippen molar-refractivity contribution in [1.29, 1.82) is 0 Å². The Hall–Kier alpha value is 0.430. The Balaban J connectivity index is 4.28. The van der Waals surface area contributed by atoms with Crippen molar-refractivity contribution in [1.82, 2.24) is 0 Å². The molecule has 0 aliphatic carbocycles. The van der Waals surface area contributed by atoms with Crippen molar-refractivity contribution in [2.24, 2.45) is 0 Å². The molecule has 0 bridgehead atoms. The molecule has 0 fully saturated rings. The van der Waals surface area contributed by atoms with Crippen LogP contribution in [0.3, 0.4) is 0 Å². The number of hydrogen-bond acceptors (Lipinski definition) is 0. The first-order chi connectivity index (χ1) is 16.7. The second kappa shape index (κ2) is 28.0. The molecule has 0 aliphatic rings. The van der Waals surface area contributed by atoms with Gasteiger partial charge in [0.25, 0.3) is 0 Å². The van der Waals surface area contributed by atoms with E-state index in [4.69, 9.17) is 0 Å². The average molecular weight is 499 g/mol. The van der Waals surface area contributed by atoms with Gasteiger partial charge in [-0.2, -0.15) is 0 Å². The fourth-order valence-corrected chi connectivity index (χ4v) is 11.5. The first-order valence-electron chi connectivity index (χ1n) is 16.7. The van der Waals surface area contributed by atoms with Crippen LogP contribution in [0.5, 0.6) is 0 Å². The molecule has 0 unspecified atom stereocenters. The summed E-state index contributed by atoms with van der Waals surface area (Å²) in [6.45, 7) is 9.42. The molecule has 1 heteroatoms. The minimum absolute atomic E-state index is 1.05. The molecular formula is C33H71P. The van der Waals surface area contributed by atoms with Crippen LogP contribution in [-0.2, 0) is 0 Å². The molecule has 34 heavy (non-hydrogen) atoms. The van der Waals surface area contributed by atoms with Crippen LogP contribution < -0.4 is 0 Å². The van der Waals surface area contributed by atoms with Crippen molar-refractivity contribution < 1.29 is 0 Å². The van der Waals surface area contributed by atoms with Crippen LogP contribution in [0.15, 0.2) is 0 Å². The van der Waals surface area contributed by atoms with Gasteiger partial charge in [0.2, 0.25) is 0 Å². The Morgan fingerprint density at radius 1 is 0.235 bits per heavy atom. The Morgan fingerprint density at radius 3 is 0.647 bits per heavy atom. The number of hydrogen-bond donors (Lipinski definition) is 0. The maximum absolute atomic E-state index is 2.37. The zero-order valence-electron chi connectivity index (χ0n) is 25.0. The van der Waals surface area contributed by atoms with E-state index in [0.717, 1.165) is 0 Å². The molecule has 0 aromatic heterocycles. The van der Waals surface area contributed by atoms with Gasteiger partial charge < -0.3 is 0 Å². The standard InChI is InChI=1S/C33H71P/c1-5-9-13-17-18-19-20-21-22-23-24-25-29-33-34(30-26-14-10-6-2,31-27-15-11-7-3)32-28-16-12-8-4/h34H,5-33H2,1-4H3. The molecule has 0 spiro atoms. The van der Waals surface area contributed by atoms with E-state index in [1.54, 1.807) is 50.3 Å². The molecule has 0 amide bonds. The first kappa shape index (κ1) is 34.4. The fraction of sp³-hybridized carbons (Fsp3) is 1.00. The van der Waals surface area contributed by atoms with Crippen molar-refractivity contribution in [3.63, 3.8) is 0 Å². The maximum atomic E-state index is 2.37. The van der Waals surface area contributed by atoms with E-state index in [0.29, 0.717) is 0 Å². The van der Waals surface area contributed by atoms with Crippen LogP contribution in [-0.4, -0.2) is 24.6 Å². The molecule has 0 aromatic carbocycles. The molecule has 0 aromatic rings. The quantitative estimate of drug-likeness (QED) is 0.0710. The van der Waals surface area contributed by atoms with E-state index in [2.05, 4.69) is 27.7 Å². The Bertz CT molecular complexity index is 332. The molecule has 0 saturated carbocycles. The molecule has 0 rings (SSSR count). The van der Waals surface area contributed by atoms with Crippen molar-refractivity contribution in [2.45, 2.75) is 188 Å². The predicted octanol–water partition coefficient (Wildman–Crippen LogP) is 12.6. The third-order valence-corrected chi connectivity index (χ3v) is 14.1. The summed E-state index contributed by atoms with van der Waals surface area (Å²) in [6.07, 6.45) is 43.8. The van der Waals surface area contributed by atoms with Gasteiger partial charge in [-0.05, 0) is 0 Å². The molecular weight excluding hydrogens is 427 g/mol. The molecule has 0 radical (unpaired) electrons. The van der Waals surface area contributed by atoms with Crippen molar-refractivity contribution in [2.75, 3.05) is 24.6 Å². The van der Waals surface area contributed by atoms with Gasteiger partial charge in [-0.1, -0.05) is 19.8 Å². The van der Waals surface area contributed by atoms with Crippen LogP contribution >= 0.6 is 7.26 Å². The van der Waals surface area contributed by atoms with Crippen LogP contribution in [0.25, 0.3) is 0 Å². The monoisotopic (exact) mass is 499 g/mol. The van der Waals surface area contributed by atoms with Crippen molar-refractivity contribution in [3.05, 3.63) is 0 Å². The summed E-state index contributed by atoms with van der Waals surface area (Å²) in [5, 5.41) is 0. The summed E-state index contributed by atoms with van der Waals surface area (Å²) in [5.74, 6) is 0. The van der Waals surface area contributed by atoms with Gasteiger partial charge in [0.1, 0.15) is 0 Å². The summed E-state index contributed by atoms with van der Waals surface area (Å²) >= 11 is 0. The summed E-state index contributed by atoms with van der Waals surface area (Å²) in [7, 11) is -1.05. The van der Waals surface area contributed by atoms with E-state index < -0.39 is 7.26 Å². The second-order valence-corrected chi connectivity index (χ2v) is 16.9. The number of unbranched alkanes of at least 4 members (excludes halogenated alkanes) is 21. The van der Waals surface area contributed by atoms with Crippen molar-refractivity contribution in [3.8, 4) is 0 Å². The molecule has 0 N–H and O–H groups in total. The van der Waals surface area contributed by atoms with Crippen LogP contribution in [0, 0.1) is 0 Å². The molecule has 0 nitrogen and oxygen atoms in total. The first-order valence-corrected chi connectivity index (χ1v) is 19.6. The topological polar surface area (TPSA) is 0 Å². The third kappa shape index (κ3) is 22.9. The van der Waals surface area contributed by atoms with E-state index >= 15 is 0 Å². The summed E-state index contributed by atoms with van der Waals surface area (Å²) in [6, 6.07) is 0. The Kier molecular flexibility index (Phi) is 28.4. The van der Waals surface area contributed by atoms with Gasteiger partial charge in [0, 0.05) is 0 Å². The SMILES string of the molecule is CCCCCCCCCCCCCCC[PH](CCCCCC)(CCCCCC)CCCCCC. The van der Waals surface area contributed by atoms with Gasteiger partial charge in [0.05, 0.1) is 0 Å². The summed E-state index contributed by atoms with van der Waals surface area (Å²) in [4.78, 5) is 0. The van der Waals surface area contributed by atoms with Crippen molar-refractivity contribution >= 4 is 7.26 Å². The fourth-order valence-electron chi connectivity index (χ4n) is 6.05. The van der Waals surface area contributed by atoms with Crippen LogP contribution in [0.2, 0.25) is 0 Å². The molecule has 0 aliphatic heterocycles. The normalized spacial score (nSPS) is 12.5. The molecule has 208 valence electrons. The van der Waals surface area contributed by atoms with Gasteiger partial charge in [-0.15, -0.1) is 0 Å². The summed E-state index contributed by atoms with van der Waals surface area (Å²) < 4.78 is 0.